The Morgan fingerprint density at radius 2 is 1.67 bits per heavy atom. The lowest BCUT2D eigenvalue weighted by atomic mass is 9.97. The van der Waals surface area contributed by atoms with Crippen LogP contribution in [-0.4, -0.2) is 42.4 Å². The van der Waals surface area contributed by atoms with E-state index in [1.54, 1.807) is 0 Å². The van der Waals surface area contributed by atoms with Crippen molar-refractivity contribution in [3.05, 3.63) is 121 Å². The Bertz CT molecular complexity index is 1830. The van der Waals surface area contributed by atoms with Gasteiger partial charge in [-0.25, -0.2) is 0 Å². The molecule has 0 unspecified atom stereocenters. The summed E-state index contributed by atoms with van der Waals surface area (Å²) in [5.41, 5.74) is 4.27. The summed E-state index contributed by atoms with van der Waals surface area (Å²) in [5, 5.41) is 4.37. The molecule has 2 aliphatic rings. The number of anilines is 1. The molecule has 2 aliphatic heterocycles. The minimum Gasteiger partial charge on any atom is -0.449 e. The first-order valence-electron chi connectivity index (χ1n) is 15.0. The molecule has 2 amide bonds. The zero-order valence-corrected chi connectivity index (χ0v) is 26.8. The van der Waals surface area contributed by atoms with Crippen molar-refractivity contribution in [1.82, 2.24) is 10.2 Å². The van der Waals surface area contributed by atoms with Gasteiger partial charge in [0.15, 0.2) is 16.8 Å². The summed E-state index contributed by atoms with van der Waals surface area (Å²) in [6.07, 6.45) is 5.84. The highest BCUT2D eigenvalue weighted by atomic mass is 35.5. The van der Waals surface area contributed by atoms with E-state index >= 15 is 0 Å². The normalized spacial score (nSPS) is 15.9. The molecule has 2 fully saturated rings. The van der Waals surface area contributed by atoms with Crippen LogP contribution in [0.1, 0.15) is 47.4 Å². The lowest BCUT2D eigenvalue weighted by Crippen LogP contribution is -2.37. The number of fused-ring (bicyclic) bond motifs is 1. The van der Waals surface area contributed by atoms with E-state index in [0.717, 1.165) is 55.7 Å². The van der Waals surface area contributed by atoms with Crippen LogP contribution in [0.25, 0.3) is 11.0 Å². The largest absolute Gasteiger partial charge is 0.449 e. The molecule has 1 N–H and O–H groups in total. The van der Waals surface area contributed by atoms with Crippen LogP contribution in [0.4, 0.5) is 5.69 Å². The van der Waals surface area contributed by atoms with E-state index in [-0.39, 0.29) is 33.7 Å². The molecule has 10 heteroatoms. The number of nitrogens with one attached hydrogen (secondary N) is 1. The van der Waals surface area contributed by atoms with E-state index < -0.39 is 11.3 Å². The van der Waals surface area contributed by atoms with Gasteiger partial charge in [0, 0.05) is 54.4 Å². The predicted octanol–water partition coefficient (Wildman–Crippen LogP) is 7.44. The minimum atomic E-state index is -0.515. The maximum absolute atomic E-state index is 13.5. The molecule has 2 saturated heterocycles. The Hall–Kier alpha value is -3.78. The second-order valence-electron chi connectivity index (χ2n) is 11.5. The molecule has 7 nitrogen and oxygen atoms in total. The van der Waals surface area contributed by atoms with Crippen molar-refractivity contribution in [2.24, 2.45) is 0 Å². The molecule has 0 bridgehead atoms. The van der Waals surface area contributed by atoms with Crippen molar-refractivity contribution in [1.29, 1.82) is 0 Å². The first-order chi connectivity index (χ1) is 21.7. The molecule has 6 rings (SSSR count). The third kappa shape index (κ3) is 7.38. The number of nitrogens with zero attached hydrogens (tertiary/aromatic N) is 2. The number of hydrogen-bond acceptors (Lipinski definition) is 5. The number of hydrogen-bond donors (Lipinski definition) is 1. The fraction of sp³-hybridized carbons (Fsp3) is 0.286. The average molecular weight is 665 g/mol. The van der Waals surface area contributed by atoms with Gasteiger partial charge in [0.05, 0.1) is 16.5 Å². The van der Waals surface area contributed by atoms with E-state index in [4.69, 9.17) is 39.2 Å². The van der Waals surface area contributed by atoms with E-state index in [1.165, 1.54) is 23.8 Å². The number of benzene rings is 3. The van der Waals surface area contributed by atoms with Gasteiger partial charge < -0.3 is 19.5 Å². The van der Waals surface area contributed by atoms with Gasteiger partial charge in [0.1, 0.15) is 0 Å². The predicted molar refractivity (Wildman–Crippen MR) is 180 cm³/mol. The average Bonchev–Trinajstić information content (AvgIpc) is 3.43. The number of para-hydroxylation sites is 1. The summed E-state index contributed by atoms with van der Waals surface area (Å²) in [4.78, 5) is 42.9. The Balaban J connectivity index is 1.20. The molecule has 232 valence electrons. The summed E-state index contributed by atoms with van der Waals surface area (Å²) in [6.45, 7) is 3.08. The van der Waals surface area contributed by atoms with Gasteiger partial charge in [-0.2, -0.15) is 0 Å². The number of piperidine rings is 1. The maximum Gasteiger partial charge on any atom is 0.287 e. The molecule has 0 spiro atoms. The molecular formula is C35H32Cl3N3O4. The van der Waals surface area contributed by atoms with Gasteiger partial charge in [0.2, 0.25) is 5.91 Å². The Morgan fingerprint density at radius 3 is 2.40 bits per heavy atom. The number of carbonyl (C=O) groups excluding carboxylic acids is 2. The highest BCUT2D eigenvalue weighted by Crippen LogP contribution is 2.29. The first-order valence-corrected chi connectivity index (χ1v) is 16.2. The highest BCUT2D eigenvalue weighted by Gasteiger charge is 2.24. The lowest BCUT2D eigenvalue weighted by molar-refractivity contribution is -0.128. The van der Waals surface area contributed by atoms with Crippen LogP contribution >= 0.6 is 34.8 Å². The molecular weight excluding hydrogens is 633 g/mol. The number of carbonyl (C=O) groups is 2. The van der Waals surface area contributed by atoms with Crippen LogP contribution < -0.4 is 15.6 Å². The number of rotatable bonds is 8. The van der Waals surface area contributed by atoms with Gasteiger partial charge in [-0.05, 0) is 67.1 Å². The summed E-state index contributed by atoms with van der Waals surface area (Å²) in [7, 11) is 0. The number of amides is 2. The van der Waals surface area contributed by atoms with Crippen molar-refractivity contribution in [3.63, 3.8) is 0 Å². The summed E-state index contributed by atoms with van der Waals surface area (Å²) in [5.74, 6) is -0.421. The zero-order valence-electron chi connectivity index (χ0n) is 24.5. The fourth-order valence-corrected chi connectivity index (χ4v) is 6.73. The van der Waals surface area contributed by atoms with Gasteiger partial charge >= 0.3 is 0 Å². The topological polar surface area (TPSA) is 82.9 Å². The molecule has 1 aromatic heterocycles. The van der Waals surface area contributed by atoms with Crippen LogP contribution in [-0.2, 0) is 17.8 Å². The van der Waals surface area contributed by atoms with Crippen molar-refractivity contribution < 1.29 is 14.0 Å². The van der Waals surface area contributed by atoms with Crippen molar-refractivity contribution in [3.8, 4) is 0 Å². The van der Waals surface area contributed by atoms with Crippen LogP contribution in [0.2, 0.25) is 15.1 Å². The van der Waals surface area contributed by atoms with Crippen LogP contribution in [0.5, 0.6) is 0 Å². The van der Waals surface area contributed by atoms with Crippen LogP contribution in [0.15, 0.2) is 87.6 Å². The van der Waals surface area contributed by atoms with E-state index in [2.05, 4.69) is 28.4 Å². The van der Waals surface area contributed by atoms with Gasteiger partial charge in [-0.3, -0.25) is 14.4 Å². The van der Waals surface area contributed by atoms with Crippen molar-refractivity contribution >= 4 is 63.3 Å². The summed E-state index contributed by atoms with van der Waals surface area (Å²) in [6, 6.07) is 19.6. The zero-order chi connectivity index (χ0) is 31.5. The molecule has 0 saturated carbocycles. The fourth-order valence-electron chi connectivity index (χ4n) is 6.08. The quantitative estimate of drug-likeness (QED) is 0.198. The van der Waals surface area contributed by atoms with E-state index in [1.807, 2.05) is 41.3 Å². The summed E-state index contributed by atoms with van der Waals surface area (Å²) < 4.78 is 5.80. The SMILES string of the molecule is O=C(N[C@@H](C=C1CCN(c2ccccc2CN2CCCC2=O)CC1)Cc1ccc(Cl)cc1)c1cc(=O)c2cc(Cl)cc(Cl)c2o1. The monoisotopic (exact) mass is 663 g/mol. The van der Waals surface area contributed by atoms with Gasteiger partial charge in [0.25, 0.3) is 5.91 Å². The number of likely N-dealkylation sites (tertiary alicyclic amines) is 1. The summed E-state index contributed by atoms with van der Waals surface area (Å²) >= 11 is 18.5. The lowest BCUT2D eigenvalue weighted by Gasteiger charge is -2.33. The second-order valence-corrected chi connectivity index (χ2v) is 12.8. The Morgan fingerprint density at radius 1 is 0.911 bits per heavy atom. The van der Waals surface area contributed by atoms with Crippen LogP contribution in [0.3, 0.4) is 0 Å². The molecule has 0 aliphatic carbocycles. The van der Waals surface area contributed by atoms with Crippen molar-refractivity contribution in [2.75, 3.05) is 24.5 Å². The number of halogens is 3. The van der Waals surface area contributed by atoms with Crippen LogP contribution in [0, 0.1) is 0 Å². The third-order valence-corrected chi connectivity index (χ3v) is 9.12. The highest BCUT2D eigenvalue weighted by molar-refractivity contribution is 6.38. The maximum atomic E-state index is 13.5. The van der Waals surface area contributed by atoms with Gasteiger partial charge in [-0.15, -0.1) is 0 Å². The van der Waals surface area contributed by atoms with E-state index in [0.29, 0.717) is 29.4 Å². The Kier molecular flexibility index (Phi) is 9.50. The standard InChI is InChI=1S/C35H32Cl3N3O4/c36-25-9-7-22(8-10-25)16-27(39-35(44)32-20-31(42)28-18-26(37)19-29(38)34(28)45-32)17-23-11-14-40(15-12-23)30-5-2-1-4-24(30)21-41-13-3-6-33(41)43/h1-2,4-5,7-10,17-20,27H,3,6,11-16,21H2,(H,39,44)/t27-/m1/s1. The van der Waals surface area contributed by atoms with Gasteiger partial charge in [-0.1, -0.05) is 76.8 Å². The molecule has 3 aromatic carbocycles. The van der Waals surface area contributed by atoms with E-state index in [9.17, 15) is 14.4 Å². The molecule has 1 atom stereocenters. The second kappa shape index (κ2) is 13.7. The molecule has 3 heterocycles. The third-order valence-electron chi connectivity index (χ3n) is 8.36. The minimum absolute atomic E-state index is 0.119. The molecule has 4 aromatic rings. The first kappa shape index (κ1) is 31.2. The molecule has 0 radical (unpaired) electrons. The van der Waals surface area contributed by atoms with Crippen molar-refractivity contribution in [2.45, 2.75) is 44.7 Å². The Labute approximate surface area is 276 Å². The smallest absolute Gasteiger partial charge is 0.287 e. The molecule has 45 heavy (non-hydrogen) atoms.